The van der Waals surface area contributed by atoms with Gasteiger partial charge in [-0.15, -0.1) is 6.42 Å². The Morgan fingerprint density at radius 3 is 2.57 bits per heavy atom. The van der Waals surface area contributed by atoms with Gasteiger partial charge in [-0.1, -0.05) is 5.92 Å². The van der Waals surface area contributed by atoms with Crippen molar-refractivity contribution >= 4 is 5.91 Å². The maximum atomic E-state index is 11.4. The fourth-order valence-corrected chi connectivity index (χ4v) is 0.934. The summed E-state index contributed by atoms with van der Waals surface area (Å²) >= 11 is 0. The van der Waals surface area contributed by atoms with E-state index >= 15 is 0 Å². The fourth-order valence-electron chi connectivity index (χ4n) is 0.934. The summed E-state index contributed by atoms with van der Waals surface area (Å²) < 4.78 is 0. The van der Waals surface area contributed by atoms with Gasteiger partial charge in [0.1, 0.15) is 5.75 Å². The molecule has 0 aromatic heterocycles. The standard InChI is InChI=1S/C11H11NO2/c1-3-8(2)12-11(14)9-4-6-10(13)7-5-9/h1,4-8,13H,2H3,(H,12,14). The molecular formula is C11H11NO2. The Kier molecular flexibility index (Phi) is 3.14. The number of hydrogen-bond acceptors (Lipinski definition) is 2. The number of hydrogen-bond donors (Lipinski definition) is 2. The normalized spacial score (nSPS) is 11.4. The third-order valence-corrected chi connectivity index (χ3v) is 1.73. The first-order valence-corrected chi connectivity index (χ1v) is 4.19. The summed E-state index contributed by atoms with van der Waals surface area (Å²) in [7, 11) is 0. The van der Waals surface area contributed by atoms with Crippen LogP contribution in [0, 0.1) is 12.3 Å². The van der Waals surface area contributed by atoms with Crippen LogP contribution in [0.2, 0.25) is 0 Å². The molecule has 1 amide bonds. The predicted octanol–water partition coefficient (Wildman–Crippen LogP) is 1.14. The summed E-state index contributed by atoms with van der Waals surface area (Å²) in [5, 5.41) is 11.6. The molecule has 2 N–H and O–H groups in total. The molecule has 0 radical (unpaired) electrons. The number of amides is 1. The molecule has 0 bridgehead atoms. The quantitative estimate of drug-likeness (QED) is 0.685. The van der Waals surface area contributed by atoms with Crippen LogP contribution in [0.5, 0.6) is 5.75 Å². The van der Waals surface area contributed by atoms with Crippen LogP contribution in [0.3, 0.4) is 0 Å². The Morgan fingerprint density at radius 2 is 2.07 bits per heavy atom. The van der Waals surface area contributed by atoms with Crippen LogP contribution in [-0.2, 0) is 0 Å². The number of aromatic hydroxyl groups is 1. The molecule has 0 saturated carbocycles. The average molecular weight is 189 g/mol. The van der Waals surface area contributed by atoms with Gasteiger partial charge in [-0.3, -0.25) is 4.79 Å². The van der Waals surface area contributed by atoms with Gasteiger partial charge in [0, 0.05) is 5.56 Å². The fraction of sp³-hybridized carbons (Fsp3) is 0.182. The zero-order valence-corrected chi connectivity index (χ0v) is 7.82. The first-order chi connectivity index (χ1) is 6.63. The van der Waals surface area contributed by atoms with E-state index in [1.54, 1.807) is 6.92 Å². The van der Waals surface area contributed by atoms with E-state index in [1.165, 1.54) is 24.3 Å². The number of nitrogens with one attached hydrogen (secondary N) is 1. The highest BCUT2D eigenvalue weighted by Crippen LogP contribution is 2.09. The van der Waals surface area contributed by atoms with Crippen molar-refractivity contribution in [1.29, 1.82) is 0 Å². The van der Waals surface area contributed by atoms with E-state index in [0.717, 1.165) is 0 Å². The van der Waals surface area contributed by atoms with E-state index in [2.05, 4.69) is 11.2 Å². The minimum Gasteiger partial charge on any atom is -0.508 e. The Morgan fingerprint density at radius 1 is 1.50 bits per heavy atom. The molecule has 3 nitrogen and oxygen atoms in total. The Balaban J connectivity index is 2.71. The molecule has 1 aromatic rings. The monoisotopic (exact) mass is 189 g/mol. The molecular weight excluding hydrogens is 178 g/mol. The number of carbonyl (C=O) groups is 1. The molecule has 1 unspecified atom stereocenters. The van der Waals surface area contributed by atoms with Gasteiger partial charge >= 0.3 is 0 Å². The maximum absolute atomic E-state index is 11.4. The summed E-state index contributed by atoms with van der Waals surface area (Å²) in [6.45, 7) is 1.72. The van der Waals surface area contributed by atoms with E-state index in [1.807, 2.05) is 0 Å². The molecule has 0 aliphatic rings. The Hall–Kier alpha value is -1.95. The summed E-state index contributed by atoms with van der Waals surface area (Å²) in [4.78, 5) is 11.4. The second-order valence-electron chi connectivity index (χ2n) is 2.91. The van der Waals surface area contributed by atoms with Crippen LogP contribution in [0.15, 0.2) is 24.3 Å². The topological polar surface area (TPSA) is 49.3 Å². The smallest absolute Gasteiger partial charge is 0.252 e. The van der Waals surface area contributed by atoms with Crippen molar-refractivity contribution in [3.05, 3.63) is 29.8 Å². The second kappa shape index (κ2) is 4.33. The molecule has 0 heterocycles. The summed E-state index contributed by atoms with van der Waals surface area (Å²) in [5.74, 6) is 2.29. The third kappa shape index (κ3) is 2.53. The molecule has 0 saturated heterocycles. The van der Waals surface area contributed by atoms with Crippen LogP contribution < -0.4 is 5.32 Å². The lowest BCUT2D eigenvalue weighted by Gasteiger charge is -2.07. The van der Waals surface area contributed by atoms with Gasteiger partial charge in [0.2, 0.25) is 0 Å². The highest BCUT2D eigenvalue weighted by molar-refractivity contribution is 5.94. The minimum absolute atomic E-state index is 0.131. The maximum Gasteiger partial charge on any atom is 0.252 e. The van der Waals surface area contributed by atoms with Crippen molar-refractivity contribution in [2.45, 2.75) is 13.0 Å². The van der Waals surface area contributed by atoms with Gasteiger partial charge in [0.15, 0.2) is 0 Å². The van der Waals surface area contributed by atoms with Crippen LogP contribution in [0.25, 0.3) is 0 Å². The Bertz CT molecular complexity index is 362. The molecule has 0 spiro atoms. The summed E-state index contributed by atoms with van der Waals surface area (Å²) in [5.41, 5.74) is 0.477. The van der Waals surface area contributed by atoms with E-state index in [-0.39, 0.29) is 17.7 Å². The zero-order chi connectivity index (χ0) is 10.6. The molecule has 3 heteroatoms. The lowest BCUT2D eigenvalue weighted by atomic mass is 10.2. The largest absolute Gasteiger partial charge is 0.508 e. The molecule has 1 aromatic carbocycles. The number of terminal acetylenes is 1. The molecule has 0 fully saturated rings. The average Bonchev–Trinajstić information content (AvgIpc) is 2.18. The third-order valence-electron chi connectivity index (χ3n) is 1.73. The second-order valence-corrected chi connectivity index (χ2v) is 2.91. The molecule has 0 aliphatic carbocycles. The highest BCUT2D eigenvalue weighted by Gasteiger charge is 2.06. The van der Waals surface area contributed by atoms with E-state index < -0.39 is 0 Å². The van der Waals surface area contributed by atoms with Gasteiger partial charge in [-0.2, -0.15) is 0 Å². The van der Waals surface area contributed by atoms with Gasteiger partial charge in [0.05, 0.1) is 6.04 Å². The first-order valence-electron chi connectivity index (χ1n) is 4.19. The summed E-state index contributed by atoms with van der Waals surface area (Å²) in [6, 6.07) is 5.68. The van der Waals surface area contributed by atoms with Crippen molar-refractivity contribution < 1.29 is 9.90 Å². The lowest BCUT2D eigenvalue weighted by Crippen LogP contribution is -2.31. The van der Waals surface area contributed by atoms with Crippen LogP contribution >= 0.6 is 0 Å². The SMILES string of the molecule is C#CC(C)NC(=O)c1ccc(O)cc1. The number of carbonyl (C=O) groups excluding carboxylic acids is 1. The van der Waals surface area contributed by atoms with Crippen molar-refractivity contribution in [2.24, 2.45) is 0 Å². The molecule has 72 valence electrons. The van der Waals surface area contributed by atoms with Gasteiger partial charge < -0.3 is 10.4 Å². The molecule has 1 atom stereocenters. The van der Waals surface area contributed by atoms with Gasteiger partial charge in [-0.05, 0) is 31.2 Å². The van der Waals surface area contributed by atoms with Crippen molar-refractivity contribution in [2.75, 3.05) is 0 Å². The van der Waals surface area contributed by atoms with Gasteiger partial charge in [-0.25, -0.2) is 0 Å². The van der Waals surface area contributed by atoms with Crippen LogP contribution in [-0.4, -0.2) is 17.1 Å². The lowest BCUT2D eigenvalue weighted by molar-refractivity contribution is 0.0948. The summed E-state index contributed by atoms with van der Waals surface area (Å²) in [6.07, 6.45) is 5.12. The molecule has 1 rings (SSSR count). The number of rotatable bonds is 2. The predicted molar refractivity (Wildman–Crippen MR) is 53.9 cm³/mol. The minimum atomic E-state index is -0.295. The zero-order valence-electron chi connectivity index (χ0n) is 7.82. The number of benzene rings is 1. The van der Waals surface area contributed by atoms with E-state index in [4.69, 9.17) is 11.5 Å². The van der Waals surface area contributed by atoms with Gasteiger partial charge in [0.25, 0.3) is 5.91 Å². The van der Waals surface area contributed by atoms with Crippen LogP contribution in [0.1, 0.15) is 17.3 Å². The molecule has 14 heavy (non-hydrogen) atoms. The van der Waals surface area contributed by atoms with Crippen molar-refractivity contribution in [3.63, 3.8) is 0 Å². The molecule has 0 aliphatic heterocycles. The number of phenolic OH excluding ortho intramolecular Hbond substituents is 1. The Labute approximate surface area is 82.8 Å². The van der Waals surface area contributed by atoms with Crippen LogP contribution in [0.4, 0.5) is 0 Å². The highest BCUT2D eigenvalue weighted by atomic mass is 16.3. The van der Waals surface area contributed by atoms with E-state index in [9.17, 15) is 4.79 Å². The van der Waals surface area contributed by atoms with Crippen molar-refractivity contribution in [3.8, 4) is 18.1 Å². The first kappa shape index (κ1) is 10.1. The number of phenols is 1. The van der Waals surface area contributed by atoms with Crippen molar-refractivity contribution in [1.82, 2.24) is 5.32 Å². The van der Waals surface area contributed by atoms with E-state index in [0.29, 0.717) is 5.56 Å².